The molecule has 1 heterocycles. The van der Waals surface area contributed by atoms with Crippen molar-refractivity contribution in [1.82, 2.24) is 9.55 Å². The number of anilines is 2. The number of nitrogens with one attached hydrogen (secondary N) is 1. The van der Waals surface area contributed by atoms with E-state index >= 15 is 0 Å². The van der Waals surface area contributed by atoms with Crippen LogP contribution in [0.25, 0.3) is 6.08 Å². The number of nitrogens with two attached hydrogens (primary N) is 1. The van der Waals surface area contributed by atoms with E-state index in [0.29, 0.717) is 29.3 Å². The van der Waals surface area contributed by atoms with E-state index in [0.717, 1.165) is 12.0 Å². The Morgan fingerprint density at radius 3 is 2.56 bits per heavy atom. The van der Waals surface area contributed by atoms with Gasteiger partial charge in [0.2, 0.25) is 0 Å². The number of methoxy groups -OCH3 is 1. The van der Waals surface area contributed by atoms with E-state index in [9.17, 15) is 14.4 Å². The summed E-state index contributed by atoms with van der Waals surface area (Å²) in [7, 11) is 1.53. The molecule has 0 saturated heterocycles. The Bertz CT molecular complexity index is 1300. The normalized spacial score (nSPS) is 11.0. The summed E-state index contributed by atoms with van der Waals surface area (Å²) in [4.78, 5) is 42.2. The van der Waals surface area contributed by atoms with E-state index in [1.807, 2.05) is 6.92 Å². The van der Waals surface area contributed by atoms with Gasteiger partial charge in [0.25, 0.3) is 11.5 Å². The second-order valence-corrected chi connectivity index (χ2v) is 8.06. The van der Waals surface area contributed by atoms with Gasteiger partial charge in [0.1, 0.15) is 11.6 Å². The second kappa shape index (κ2) is 11.4. The van der Waals surface area contributed by atoms with Crippen molar-refractivity contribution in [1.29, 1.82) is 0 Å². The number of hydrogen-bond acceptors (Lipinski definition) is 5. The van der Waals surface area contributed by atoms with Gasteiger partial charge < -0.3 is 10.5 Å². The van der Waals surface area contributed by atoms with Crippen LogP contribution in [0.1, 0.15) is 30.9 Å². The quantitative estimate of drug-likeness (QED) is 0.450. The van der Waals surface area contributed by atoms with Gasteiger partial charge in [-0.15, -0.1) is 0 Å². The molecule has 178 valence electrons. The van der Waals surface area contributed by atoms with Gasteiger partial charge in [-0.2, -0.15) is 0 Å². The zero-order valence-corrected chi connectivity index (χ0v) is 19.8. The number of benzene rings is 2. The number of unbranched alkanes of at least 4 members (excludes halogenated alkanes) is 1. The number of aromatic amines is 1. The highest BCUT2D eigenvalue weighted by molar-refractivity contribution is 6.30. The van der Waals surface area contributed by atoms with Crippen molar-refractivity contribution in [3.63, 3.8) is 0 Å². The maximum absolute atomic E-state index is 13.4. The molecule has 3 aromatic rings. The van der Waals surface area contributed by atoms with Crippen LogP contribution in [0, 0.1) is 0 Å². The lowest BCUT2D eigenvalue weighted by atomic mass is 10.1. The number of aromatic nitrogens is 2. The molecule has 0 aliphatic rings. The lowest BCUT2D eigenvalue weighted by Crippen LogP contribution is -2.40. The third-order valence-corrected chi connectivity index (χ3v) is 5.55. The lowest BCUT2D eigenvalue weighted by Gasteiger charge is -2.24. The number of ether oxygens (including phenoxy) is 1. The van der Waals surface area contributed by atoms with Gasteiger partial charge in [0.05, 0.1) is 13.7 Å². The van der Waals surface area contributed by atoms with E-state index in [1.165, 1.54) is 22.7 Å². The van der Waals surface area contributed by atoms with Crippen LogP contribution in [0.4, 0.5) is 11.5 Å². The fourth-order valence-corrected chi connectivity index (χ4v) is 3.60. The summed E-state index contributed by atoms with van der Waals surface area (Å²) in [6.07, 6.45) is 4.48. The first-order valence-electron chi connectivity index (χ1n) is 10.8. The Hall–Kier alpha value is -3.78. The minimum atomic E-state index is -0.738. The molecule has 0 aliphatic heterocycles. The largest absolute Gasteiger partial charge is 0.496 e. The zero-order valence-electron chi connectivity index (χ0n) is 19.1. The monoisotopic (exact) mass is 482 g/mol. The standard InChI is InChI=1S/C25H27ClN4O4/c1-3-4-15-29-23(27)22(24(32)28-25(29)33)30(16-18-7-5-6-8-20(18)34-2)21(31)14-11-17-9-12-19(26)13-10-17/h5-14H,3-4,15-16,27H2,1-2H3,(H,28,32,33)/b14-11+. The van der Waals surface area contributed by atoms with Gasteiger partial charge >= 0.3 is 5.69 Å². The number of para-hydroxylation sites is 1. The van der Waals surface area contributed by atoms with E-state index < -0.39 is 17.2 Å². The summed E-state index contributed by atoms with van der Waals surface area (Å²) in [5.41, 5.74) is 6.28. The lowest BCUT2D eigenvalue weighted by molar-refractivity contribution is -0.114. The minimum absolute atomic E-state index is 0.00701. The summed E-state index contributed by atoms with van der Waals surface area (Å²) in [5, 5.41) is 0.579. The van der Waals surface area contributed by atoms with E-state index in [4.69, 9.17) is 22.1 Å². The van der Waals surface area contributed by atoms with Crippen LogP contribution in [0.3, 0.4) is 0 Å². The molecule has 0 saturated carbocycles. The van der Waals surface area contributed by atoms with E-state index in [2.05, 4.69) is 4.98 Å². The predicted molar refractivity (Wildman–Crippen MR) is 135 cm³/mol. The van der Waals surface area contributed by atoms with Crippen molar-refractivity contribution >= 4 is 35.1 Å². The van der Waals surface area contributed by atoms with E-state index in [1.54, 1.807) is 54.6 Å². The van der Waals surface area contributed by atoms with Gasteiger partial charge in [-0.05, 0) is 36.3 Å². The van der Waals surface area contributed by atoms with Crippen molar-refractivity contribution in [2.75, 3.05) is 17.7 Å². The summed E-state index contributed by atoms with van der Waals surface area (Å²) in [6, 6.07) is 14.1. The Balaban J connectivity index is 2.09. The third-order valence-electron chi connectivity index (χ3n) is 5.29. The van der Waals surface area contributed by atoms with Crippen LogP contribution in [0.2, 0.25) is 5.02 Å². The van der Waals surface area contributed by atoms with Crippen molar-refractivity contribution in [2.45, 2.75) is 32.9 Å². The van der Waals surface area contributed by atoms with Crippen LogP contribution in [0.5, 0.6) is 5.75 Å². The highest BCUT2D eigenvalue weighted by Crippen LogP contribution is 2.25. The molecule has 0 bridgehead atoms. The SMILES string of the molecule is CCCCn1c(N)c(N(Cc2ccccc2OC)C(=O)/C=C/c2ccc(Cl)cc2)c(=O)[nH]c1=O. The Kier molecular flexibility index (Phi) is 8.32. The molecule has 3 rings (SSSR count). The molecule has 0 unspecified atom stereocenters. The topological polar surface area (TPSA) is 110 Å². The summed E-state index contributed by atoms with van der Waals surface area (Å²) < 4.78 is 6.70. The number of carbonyl (C=O) groups is 1. The first kappa shape index (κ1) is 24.9. The van der Waals surface area contributed by atoms with Crippen LogP contribution in [-0.2, 0) is 17.9 Å². The molecule has 2 aromatic carbocycles. The number of nitrogen functional groups attached to an aromatic ring is 1. The predicted octanol–water partition coefficient (Wildman–Crippen LogP) is 3.83. The zero-order chi connectivity index (χ0) is 24.7. The number of halogens is 1. The maximum atomic E-state index is 13.4. The van der Waals surface area contributed by atoms with Crippen molar-refractivity contribution in [3.05, 3.63) is 91.6 Å². The molecule has 0 spiro atoms. The average Bonchev–Trinajstić information content (AvgIpc) is 2.83. The molecule has 34 heavy (non-hydrogen) atoms. The maximum Gasteiger partial charge on any atom is 0.330 e. The summed E-state index contributed by atoms with van der Waals surface area (Å²) >= 11 is 5.93. The molecule has 9 heteroatoms. The van der Waals surface area contributed by atoms with Crippen LogP contribution >= 0.6 is 11.6 Å². The molecule has 0 aliphatic carbocycles. The number of hydrogen-bond donors (Lipinski definition) is 2. The number of H-pyrrole nitrogens is 1. The smallest absolute Gasteiger partial charge is 0.330 e. The molecule has 0 radical (unpaired) electrons. The second-order valence-electron chi connectivity index (χ2n) is 7.62. The number of carbonyl (C=O) groups excluding carboxylic acids is 1. The molecule has 1 amide bonds. The van der Waals surface area contributed by atoms with E-state index in [-0.39, 0.29) is 18.1 Å². The highest BCUT2D eigenvalue weighted by atomic mass is 35.5. The molecule has 0 atom stereocenters. The van der Waals surface area contributed by atoms with Crippen molar-refractivity contribution in [2.24, 2.45) is 0 Å². The number of nitrogens with zero attached hydrogens (tertiary/aromatic N) is 2. The van der Waals surface area contributed by atoms with Crippen LogP contribution in [-0.4, -0.2) is 22.6 Å². The number of rotatable bonds is 9. The molecule has 0 fully saturated rings. The van der Waals surface area contributed by atoms with Crippen LogP contribution in [0.15, 0.2) is 64.2 Å². The van der Waals surface area contributed by atoms with Crippen molar-refractivity contribution < 1.29 is 9.53 Å². The fourth-order valence-electron chi connectivity index (χ4n) is 3.48. The molecule has 3 N–H and O–H groups in total. The summed E-state index contributed by atoms with van der Waals surface area (Å²) in [6.45, 7) is 2.31. The number of amides is 1. The van der Waals surface area contributed by atoms with Gasteiger partial charge in [0.15, 0.2) is 5.69 Å². The molecular formula is C25H27ClN4O4. The highest BCUT2D eigenvalue weighted by Gasteiger charge is 2.24. The van der Waals surface area contributed by atoms with Gasteiger partial charge in [-0.1, -0.05) is 55.3 Å². The first-order valence-corrected chi connectivity index (χ1v) is 11.2. The average molecular weight is 483 g/mol. The van der Waals surface area contributed by atoms with Gasteiger partial charge in [-0.25, -0.2) is 4.79 Å². The van der Waals surface area contributed by atoms with Crippen molar-refractivity contribution in [3.8, 4) is 5.75 Å². The molecule has 8 nitrogen and oxygen atoms in total. The van der Waals surface area contributed by atoms with Gasteiger partial charge in [-0.3, -0.25) is 24.0 Å². The molecular weight excluding hydrogens is 456 g/mol. The minimum Gasteiger partial charge on any atom is -0.496 e. The van der Waals surface area contributed by atoms with Crippen LogP contribution < -0.4 is 26.6 Å². The summed E-state index contributed by atoms with van der Waals surface area (Å²) in [5.74, 6) is 0.000345. The fraction of sp³-hybridized carbons (Fsp3) is 0.240. The first-order chi connectivity index (χ1) is 16.3. The van der Waals surface area contributed by atoms with Gasteiger partial charge in [0, 0.05) is 23.2 Å². The molecule has 1 aromatic heterocycles. The Labute approximate surface area is 202 Å². The Morgan fingerprint density at radius 1 is 1.18 bits per heavy atom. The third kappa shape index (κ3) is 5.77. The Morgan fingerprint density at radius 2 is 1.88 bits per heavy atom.